The highest BCUT2D eigenvalue weighted by atomic mass is 16.5. The number of pyridine rings is 1. The molecule has 1 saturated carbocycles. The molecule has 3 aromatic rings. The fourth-order valence-electron chi connectivity index (χ4n) is 5.46. The van der Waals surface area contributed by atoms with Gasteiger partial charge in [0.1, 0.15) is 5.75 Å². The van der Waals surface area contributed by atoms with Gasteiger partial charge in [0.2, 0.25) is 0 Å². The predicted octanol–water partition coefficient (Wildman–Crippen LogP) is 5.59. The summed E-state index contributed by atoms with van der Waals surface area (Å²) in [5.74, 6) is 1.97. The first-order valence-electron chi connectivity index (χ1n) is 13.6. The largest absolute Gasteiger partial charge is 0.494 e. The maximum atomic E-state index is 13.3. The van der Waals surface area contributed by atoms with Crippen LogP contribution in [0.25, 0.3) is 10.9 Å². The lowest BCUT2D eigenvalue weighted by molar-refractivity contribution is 0.0572. The number of ether oxygens (including phenoxy) is 1. The monoisotopic (exact) mass is 494 g/mol. The average molecular weight is 495 g/mol. The number of aromatic nitrogens is 5. The molecule has 1 aliphatic rings. The highest BCUT2D eigenvalue weighted by Gasteiger charge is 2.37. The standard InChI is InChI=1S/C28H42N6O2/c1-7-28(5,6)34-26(30-31-32-34)25(19(3)4)33(22-12-10-9-11-13-22)18-21-16-20-17-23(36-8-2)14-15-24(20)29-27(21)35/h14-17,19,22,25H,7-13,18H2,1-6H3,(H,29,35). The second-order valence-corrected chi connectivity index (χ2v) is 11.1. The second kappa shape index (κ2) is 11.1. The van der Waals surface area contributed by atoms with E-state index in [1.54, 1.807) is 0 Å². The van der Waals surface area contributed by atoms with Crippen LogP contribution in [0, 0.1) is 5.92 Å². The first-order valence-corrected chi connectivity index (χ1v) is 13.6. The maximum Gasteiger partial charge on any atom is 0.252 e. The van der Waals surface area contributed by atoms with Gasteiger partial charge in [-0.15, -0.1) is 5.10 Å². The molecule has 1 aromatic carbocycles. The van der Waals surface area contributed by atoms with Gasteiger partial charge in [-0.1, -0.05) is 40.0 Å². The molecule has 0 amide bonds. The van der Waals surface area contributed by atoms with E-state index < -0.39 is 0 Å². The van der Waals surface area contributed by atoms with E-state index in [0.29, 0.717) is 19.2 Å². The summed E-state index contributed by atoms with van der Waals surface area (Å²) in [6.07, 6.45) is 6.87. The molecular weight excluding hydrogens is 452 g/mol. The summed E-state index contributed by atoms with van der Waals surface area (Å²) >= 11 is 0. The molecule has 1 aliphatic carbocycles. The Kier molecular flexibility index (Phi) is 8.13. The van der Waals surface area contributed by atoms with Gasteiger partial charge in [0.05, 0.1) is 18.2 Å². The van der Waals surface area contributed by atoms with E-state index in [-0.39, 0.29) is 23.1 Å². The number of tetrazole rings is 1. The molecule has 2 aromatic heterocycles. The number of hydrogen-bond donors (Lipinski definition) is 1. The summed E-state index contributed by atoms with van der Waals surface area (Å²) in [5.41, 5.74) is 1.36. The van der Waals surface area contributed by atoms with Gasteiger partial charge >= 0.3 is 0 Å². The summed E-state index contributed by atoms with van der Waals surface area (Å²) in [7, 11) is 0. The molecule has 0 saturated heterocycles. The van der Waals surface area contributed by atoms with Crippen molar-refractivity contribution in [2.45, 2.75) is 104 Å². The normalized spacial score (nSPS) is 16.2. The molecule has 4 rings (SSSR count). The SMILES string of the molecule is CCOc1ccc2[nH]c(=O)c(CN(C3CCCCC3)C(c3nnnn3C(C)(C)CC)C(C)C)cc2c1. The lowest BCUT2D eigenvalue weighted by Crippen LogP contribution is -2.44. The molecule has 0 radical (unpaired) electrons. The molecule has 1 N–H and O–H groups in total. The average Bonchev–Trinajstić information content (AvgIpc) is 3.35. The highest BCUT2D eigenvalue weighted by Crippen LogP contribution is 2.37. The molecular formula is C28H42N6O2. The lowest BCUT2D eigenvalue weighted by atomic mass is 9.89. The summed E-state index contributed by atoms with van der Waals surface area (Å²) in [4.78, 5) is 18.9. The Morgan fingerprint density at radius 3 is 2.58 bits per heavy atom. The van der Waals surface area contributed by atoms with Gasteiger partial charge in [0.15, 0.2) is 5.82 Å². The molecule has 8 heteroatoms. The zero-order valence-electron chi connectivity index (χ0n) is 22.8. The molecule has 196 valence electrons. The van der Waals surface area contributed by atoms with Gasteiger partial charge in [0.25, 0.3) is 5.56 Å². The van der Waals surface area contributed by atoms with Gasteiger partial charge < -0.3 is 9.72 Å². The molecule has 0 spiro atoms. The number of rotatable bonds is 10. The highest BCUT2D eigenvalue weighted by molar-refractivity contribution is 5.80. The first kappa shape index (κ1) is 26.3. The third-order valence-corrected chi connectivity index (χ3v) is 7.79. The van der Waals surface area contributed by atoms with Crippen molar-refractivity contribution in [2.75, 3.05) is 6.61 Å². The van der Waals surface area contributed by atoms with Crippen LogP contribution in [0.15, 0.2) is 29.1 Å². The van der Waals surface area contributed by atoms with E-state index in [2.05, 4.69) is 60.0 Å². The van der Waals surface area contributed by atoms with Crippen molar-refractivity contribution < 1.29 is 4.74 Å². The number of H-pyrrole nitrogens is 1. The molecule has 36 heavy (non-hydrogen) atoms. The number of hydrogen-bond acceptors (Lipinski definition) is 6. The molecule has 1 atom stereocenters. The zero-order valence-corrected chi connectivity index (χ0v) is 22.8. The van der Waals surface area contributed by atoms with Crippen molar-refractivity contribution >= 4 is 10.9 Å². The van der Waals surface area contributed by atoms with Gasteiger partial charge in [-0.2, -0.15) is 0 Å². The van der Waals surface area contributed by atoms with E-state index in [4.69, 9.17) is 4.74 Å². The van der Waals surface area contributed by atoms with Crippen LogP contribution in [0.2, 0.25) is 0 Å². The van der Waals surface area contributed by atoms with Gasteiger partial charge in [-0.25, -0.2) is 4.68 Å². The molecule has 0 aliphatic heterocycles. The smallest absolute Gasteiger partial charge is 0.252 e. The Hall–Kier alpha value is -2.74. The van der Waals surface area contributed by atoms with Crippen LogP contribution in [0.5, 0.6) is 5.75 Å². The third kappa shape index (κ3) is 5.48. The summed E-state index contributed by atoms with van der Waals surface area (Å²) in [5, 5.41) is 14.1. The summed E-state index contributed by atoms with van der Waals surface area (Å²) in [6.45, 7) is 14.1. The number of fused-ring (bicyclic) bond motifs is 1. The Balaban J connectivity index is 1.78. The van der Waals surface area contributed by atoms with E-state index in [1.807, 2.05) is 35.9 Å². The van der Waals surface area contributed by atoms with E-state index >= 15 is 0 Å². The van der Waals surface area contributed by atoms with Crippen molar-refractivity contribution in [3.8, 4) is 5.75 Å². The van der Waals surface area contributed by atoms with Crippen molar-refractivity contribution in [3.05, 3.63) is 46.0 Å². The molecule has 8 nitrogen and oxygen atoms in total. The Labute approximate surface area is 214 Å². The van der Waals surface area contributed by atoms with E-state index in [0.717, 1.165) is 47.3 Å². The zero-order chi connectivity index (χ0) is 25.9. The fourth-order valence-corrected chi connectivity index (χ4v) is 5.46. The second-order valence-electron chi connectivity index (χ2n) is 11.1. The minimum absolute atomic E-state index is 0.00113. The molecule has 2 heterocycles. The minimum Gasteiger partial charge on any atom is -0.494 e. The summed E-state index contributed by atoms with van der Waals surface area (Å²) < 4.78 is 7.71. The van der Waals surface area contributed by atoms with Crippen LogP contribution in [-0.4, -0.2) is 42.7 Å². The summed E-state index contributed by atoms with van der Waals surface area (Å²) in [6, 6.07) is 8.24. The van der Waals surface area contributed by atoms with E-state index in [1.165, 1.54) is 19.3 Å². The van der Waals surface area contributed by atoms with Crippen molar-refractivity contribution in [1.29, 1.82) is 0 Å². The van der Waals surface area contributed by atoms with Crippen LogP contribution < -0.4 is 10.3 Å². The topological polar surface area (TPSA) is 88.9 Å². The van der Waals surface area contributed by atoms with Gasteiger partial charge in [-0.05, 0) is 80.6 Å². The number of nitrogens with one attached hydrogen (secondary N) is 1. The Morgan fingerprint density at radius 1 is 1.17 bits per heavy atom. The number of aromatic amines is 1. The maximum absolute atomic E-state index is 13.3. The lowest BCUT2D eigenvalue weighted by Gasteiger charge is -2.42. The van der Waals surface area contributed by atoms with Crippen molar-refractivity contribution in [3.63, 3.8) is 0 Å². The van der Waals surface area contributed by atoms with Crippen molar-refractivity contribution in [1.82, 2.24) is 30.1 Å². The Morgan fingerprint density at radius 2 is 1.92 bits per heavy atom. The first-order chi connectivity index (χ1) is 17.2. The third-order valence-electron chi connectivity index (χ3n) is 7.79. The van der Waals surface area contributed by atoms with Crippen LogP contribution >= 0.6 is 0 Å². The molecule has 1 fully saturated rings. The van der Waals surface area contributed by atoms with E-state index in [9.17, 15) is 4.79 Å². The Bertz CT molecular complexity index is 1210. The molecule has 0 bridgehead atoms. The van der Waals surface area contributed by atoms with Gasteiger partial charge in [0, 0.05) is 29.1 Å². The minimum atomic E-state index is -0.194. The predicted molar refractivity (Wildman–Crippen MR) is 143 cm³/mol. The van der Waals surface area contributed by atoms with Crippen LogP contribution in [0.4, 0.5) is 0 Å². The van der Waals surface area contributed by atoms with Gasteiger partial charge in [-0.3, -0.25) is 9.69 Å². The molecule has 1 unspecified atom stereocenters. The quantitative estimate of drug-likeness (QED) is 0.395. The number of nitrogens with zero attached hydrogens (tertiary/aromatic N) is 5. The van der Waals surface area contributed by atoms with Crippen LogP contribution in [-0.2, 0) is 12.1 Å². The van der Waals surface area contributed by atoms with Crippen LogP contribution in [0.1, 0.15) is 97.5 Å². The van der Waals surface area contributed by atoms with Crippen molar-refractivity contribution in [2.24, 2.45) is 5.92 Å². The van der Waals surface area contributed by atoms with Crippen LogP contribution in [0.3, 0.4) is 0 Å². The number of benzene rings is 1. The fraction of sp³-hybridized carbons (Fsp3) is 0.643.